The van der Waals surface area contributed by atoms with E-state index in [1.807, 2.05) is 13.8 Å². The van der Waals surface area contributed by atoms with Crippen LogP contribution < -0.4 is 10.5 Å². The van der Waals surface area contributed by atoms with Crippen LogP contribution in [0.5, 0.6) is 0 Å². The molecule has 0 aliphatic carbocycles. The number of hydrogen-bond donors (Lipinski definition) is 2. The van der Waals surface area contributed by atoms with E-state index in [0.29, 0.717) is 21.7 Å². The zero-order chi connectivity index (χ0) is 13.9. The predicted octanol–water partition coefficient (Wildman–Crippen LogP) is 3.01. The Bertz CT molecular complexity index is 534. The van der Waals surface area contributed by atoms with E-state index in [4.69, 9.17) is 17.3 Å². The molecule has 7 heteroatoms. The van der Waals surface area contributed by atoms with E-state index in [2.05, 4.69) is 20.7 Å². The molecule has 0 aromatic heterocycles. The van der Waals surface area contributed by atoms with Crippen LogP contribution in [0.15, 0.2) is 21.5 Å². The number of nitrogens with two attached hydrogens (primary N) is 1. The highest BCUT2D eigenvalue weighted by atomic mass is 79.9. The monoisotopic (exact) mass is 354 g/mol. The summed E-state index contributed by atoms with van der Waals surface area (Å²) in [5.74, 6) is 0.273. The van der Waals surface area contributed by atoms with Crippen LogP contribution in [-0.4, -0.2) is 15.0 Å². The summed E-state index contributed by atoms with van der Waals surface area (Å²) in [5, 5.41) is 0.291. The van der Waals surface area contributed by atoms with Gasteiger partial charge in [0.2, 0.25) is 10.0 Å². The van der Waals surface area contributed by atoms with Gasteiger partial charge in [-0.1, -0.05) is 31.9 Å². The number of sulfonamides is 1. The molecule has 4 nitrogen and oxygen atoms in total. The van der Waals surface area contributed by atoms with E-state index in [0.717, 1.165) is 6.42 Å². The summed E-state index contributed by atoms with van der Waals surface area (Å²) < 4.78 is 27.1. The first kappa shape index (κ1) is 15.8. The molecule has 0 heterocycles. The Morgan fingerprint density at radius 1 is 1.50 bits per heavy atom. The number of anilines is 1. The summed E-state index contributed by atoms with van der Waals surface area (Å²) in [4.78, 5) is 0.0656. The first-order valence-electron chi connectivity index (χ1n) is 5.52. The molecule has 1 unspecified atom stereocenters. The van der Waals surface area contributed by atoms with Crippen LogP contribution in [0.4, 0.5) is 5.69 Å². The van der Waals surface area contributed by atoms with Gasteiger partial charge in [0.05, 0.1) is 9.37 Å². The Morgan fingerprint density at radius 2 is 2.11 bits per heavy atom. The highest BCUT2D eigenvalue weighted by Gasteiger charge is 2.20. The van der Waals surface area contributed by atoms with Crippen molar-refractivity contribution >= 4 is 43.2 Å². The molecule has 0 radical (unpaired) electrons. The fourth-order valence-electron chi connectivity index (χ4n) is 1.25. The molecular formula is C11H16BrClN2O2S. The number of benzene rings is 1. The summed E-state index contributed by atoms with van der Waals surface area (Å²) >= 11 is 9.00. The van der Waals surface area contributed by atoms with Crippen LogP contribution in [0.3, 0.4) is 0 Å². The van der Waals surface area contributed by atoms with E-state index >= 15 is 0 Å². The van der Waals surface area contributed by atoms with Crippen molar-refractivity contribution in [2.45, 2.75) is 25.2 Å². The fourth-order valence-corrected chi connectivity index (χ4v) is 3.71. The molecule has 0 aliphatic heterocycles. The Hall–Kier alpha value is -0.300. The minimum Gasteiger partial charge on any atom is -0.398 e. The third-order valence-corrected chi connectivity index (χ3v) is 5.45. The molecule has 0 spiro atoms. The van der Waals surface area contributed by atoms with Crippen molar-refractivity contribution in [2.24, 2.45) is 5.92 Å². The molecule has 0 amide bonds. The quantitative estimate of drug-likeness (QED) is 0.797. The van der Waals surface area contributed by atoms with Gasteiger partial charge in [0.1, 0.15) is 0 Å². The largest absolute Gasteiger partial charge is 0.398 e. The summed E-state index contributed by atoms with van der Waals surface area (Å²) in [6, 6.07) is 2.88. The molecule has 0 saturated carbocycles. The van der Waals surface area contributed by atoms with Gasteiger partial charge in [0.25, 0.3) is 0 Å². The number of rotatable bonds is 5. The van der Waals surface area contributed by atoms with Gasteiger partial charge in [-0.25, -0.2) is 13.1 Å². The molecule has 1 aromatic carbocycles. The Kier molecular flexibility index (Phi) is 5.46. The van der Waals surface area contributed by atoms with E-state index in [1.54, 1.807) is 0 Å². The predicted molar refractivity (Wildman–Crippen MR) is 78.2 cm³/mol. The van der Waals surface area contributed by atoms with Crippen molar-refractivity contribution in [1.82, 2.24) is 4.72 Å². The average molecular weight is 356 g/mol. The maximum absolute atomic E-state index is 12.1. The Balaban J connectivity index is 3.05. The molecule has 18 heavy (non-hydrogen) atoms. The standard InChI is InChI=1S/C11H16BrClN2O2S/c1-3-7(2)6-15-18(16,17)10-5-8(13)4-9(14)11(10)12/h4-5,7,15H,3,6,14H2,1-2H3. The van der Waals surface area contributed by atoms with Gasteiger partial charge < -0.3 is 5.73 Å². The molecule has 0 fully saturated rings. The van der Waals surface area contributed by atoms with Gasteiger partial charge in [-0.05, 0) is 34.0 Å². The average Bonchev–Trinajstić information content (AvgIpc) is 2.30. The van der Waals surface area contributed by atoms with Crippen LogP contribution in [-0.2, 0) is 10.0 Å². The maximum Gasteiger partial charge on any atom is 0.241 e. The van der Waals surface area contributed by atoms with Gasteiger partial charge >= 0.3 is 0 Å². The zero-order valence-corrected chi connectivity index (χ0v) is 13.4. The molecular weight excluding hydrogens is 340 g/mol. The minimum absolute atomic E-state index is 0.0656. The first-order chi connectivity index (χ1) is 8.27. The second-order valence-corrected chi connectivity index (χ2v) is 7.14. The van der Waals surface area contributed by atoms with Crippen molar-refractivity contribution in [1.29, 1.82) is 0 Å². The van der Waals surface area contributed by atoms with Crippen LogP contribution in [0, 0.1) is 5.92 Å². The summed E-state index contributed by atoms with van der Waals surface area (Å²) in [6.45, 7) is 4.37. The smallest absolute Gasteiger partial charge is 0.241 e. The van der Waals surface area contributed by atoms with E-state index in [-0.39, 0.29) is 10.8 Å². The summed E-state index contributed by atoms with van der Waals surface area (Å²) in [5.41, 5.74) is 5.97. The fraction of sp³-hybridized carbons (Fsp3) is 0.455. The highest BCUT2D eigenvalue weighted by molar-refractivity contribution is 9.10. The van der Waals surface area contributed by atoms with Crippen molar-refractivity contribution in [3.05, 3.63) is 21.6 Å². The Morgan fingerprint density at radius 3 is 2.67 bits per heavy atom. The van der Waals surface area contributed by atoms with Crippen LogP contribution in [0.25, 0.3) is 0 Å². The van der Waals surface area contributed by atoms with Gasteiger partial charge in [-0.2, -0.15) is 0 Å². The highest BCUT2D eigenvalue weighted by Crippen LogP contribution is 2.31. The first-order valence-corrected chi connectivity index (χ1v) is 8.17. The van der Waals surface area contributed by atoms with Crippen molar-refractivity contribution < 1.29 is 8.42 Å². The second-order valence-electron chi connectivity index (χ2n) is 4.17. The number of halogens is 2. The molecule has 3 N–H and O–H groups in total. The molecule has 1 atom stereocenters. The summed E-state index contributed by atoms with van der Waals surface area (Å²) in [6.07, 6.45) is 0.904. The molecule has 0 bridgehead atoms. The van der Waals surface area contributed by atoms with E-state index in [1.165, 1.54) is 12.1 Å². The van der Waals surface area contributed by atoms with Crippen LogP contribution in [0.1, 0.15) is 20.3 Å². The lowest BCUT2D eigenvalue weighted by Crippen LogP contribution is -2.28. The maximum atomic E-state index is 12.1. The van der Waals surface area contributed by atoms with Crippen LogP contribution >= 0.6 is 27.5 Å². The SMILES string of the molecule is CCC(C)CNS(=O)(=O)c1cc(Cl)cc(N)c1Br. The lowest BCUT2D eigenvalue weighted by atomic mass is 10.1. The lowest BCUT2D eigenvalue weighted by Gasteiger charge is -2.13. The van der Waals surface area contributed by atoms with E-state index in [9.17, 15) is 8.42 Å². The number of nitrogens with one attached hydrogen (secondary N) is 1. The van der Waals surface area contributed by atoms with Gasteiger partial charge in [-0.3, -0.25) is 0 Å². The molecule has 102 valence electrons. The summed E-state index contributed by atoms with van der Waals surface area (Å²) in [7, 11) is -3.60. The Labute approximate surface area is 121 Å². The van der Waals surface area contributed by atoms with Crippen LogP contribution in [0.2, 0.25) is 5.02 Å². The molecule has 0 saturated heterocycles. The van der Waals surface area contributed by atoms with Gasteiger partial charge in [-0.15, -0.1) is 0 Å². The van der Waals surface area contributed by atoms with Crippen molar-refractivity contribution in [3.8, 4) is 0 Å². The number of hydrogen-bond acceptors (Lipinski definition) is 3. The molecule has 1 rings (SSSR count). The zero-order valence-electron chi connectivity index (χ0n) is 10.2. The minimum atomic E-state index is -3.60. The second kappa shape index (κ2) is 6.23. The topological polar surface area (TPSA) is 72.2 Å². The molecule has 0 aliphatic rings. The van der Waals surface area contributed by atoms with Crippen molar-refractivity contribution in [3.63, 3.8) is 0 Å². The van der Waals surface area contributed by atoms with E-state index < -0.39 is 10.0 Å². The number of nitrogen functional groups attached to an aromatic ring is 1. The van der Waals surface area contributed by atoms with Crippen molar-refractivity contribution in [2.75, 3.05) is 12.3 Å². The van der Waals surface area contributed by atoms with Gasteiger partial charge in [0, 0.05) is 17.3 Å². The third-order valence-electron chi connectivity index (χ3n) is 2.64. The third kappa shape index (κ3) is 3.85. The van der Waals surface area contributed by atoms with Gasteiger partial charge in [0.15, 0.2) is 0 Å². The normalized spacial score (nSPS) is 13.6. The molecule has 1 aromatic rings. The lowest BCUT2D eigenvalue weighted by molar-refractivity contribution is 0.528.